The molecular weight excluding hydrogens is 517 g/mol. The number of rotatable bonds is 11. The molecule has 0 heterocycles. The molecule has 3 rings (SSSR count). The van der Waals surface area contributed by atoms with Crippen molar-refractivity contribution in [1.82, 2.24) is 10.2 Å². The fraction of sp³-hybridized carbons (Fsp3) is 0.333. The molecule has 9 heteroatoms. The van der Waals surface area contributed by atoms with Crippen LogP contribution in [0.4, 0.5) is 10.1 Å². The largest absolute Gasteiger partial charge is 0.354 e. The lowest BCUT2D eigenvalue weighted by Gasteiger charge is -2.32. The van der Waals surface area contributed by atoms with Crippen molar-refractivity contribution >= 4 is 27.5 Å². The number of halogens is 1. The molecule has 39 heavy (non-hydrogen) atoms. The molecule has 0 fully saturated rings. The molecule has 0 aromatic heterocycles. The fourth-order valence-electron chi connectivity index (χ4n) is 4.01. The van der Waals surface area contributed by atoms with Gasteiger partial charge < -0.3 is 10.2 Å². The maximum Gasteiger partial charge on any atom is 0.264 e. The van der Waals surface area contributed by atoms with Crippen molar-refractivity contribution in [3.05, 3.63) is 94.8 Å². The second-order valence-corrected chi connectivity index (χ2v) is 11.6. The molecule has 0 bridgehead atoms. The average molecular weight is 554 g/mol. The van der Waals surface area contributed by atoms with E-state index in [2.05, 4.69) is 5.32 Å². The molecule has 0 aliphatic rings. The Morgan fingerprint density at radius 1 is 0.923 bits per heavy atom. The zero-order valence-electron chi connectivity index (χ0n) is 23.1. The monoisotopic (exact) mass is 553 g/mol. The predicted molar refractivity (Wildman–Crippen MR) is 151 cm³/mol. The fourth-order valence-corrected chi connectivity index (χ4v) is 5.42. The van der Waals surface area contributed by atoms with Crippen molar-refractivity contribution in [2.45, 2.75) is 58.5 Å². The van der Waals surface area contributed by atoms with E-state index in [1.54, 1.807) is 31.2 Å². The topological polar surface area (TPSA) is 86.8 Å². The standard InChI is InChI=1S/C30H36FN3O4S/c1-6-17-32-30(36)24(5)33(19-25-10-12-26(31)13-11-25)29(35)20-34(27-14-9-22(3)23(4)18-27)39(37,38)28-15-7-21(2)8-16-28/h7-16,18,24H,6,17,19-20H2,1-5H3,(H,32,36). The number of nitrogens with one attached hydrogen (secondary N) is 1. The first-order chi connectivity index (χ1) is 18.4. The van der Waals surface area contributed by atoms with Gasteiger partial charge in [-0.25, -0.2) is 12.8 Å². The van der Waals surface area contributed by atoms with Crippen LogP contribution in [0.1, 0.15) is 42.5 Å². The summed E-state index contributed by atoms with van der Waals surface area (Å²) >= 11 is 0. The van der Waals surface area contributed by atoms with E-state index in [0.29, 0.717) is 17.8 Å². The van der Waals surface area contributed by atoms with Crippen LogP contribution in [0, 0.1) is 26.6 Å². The summed E-state index contributed by atoms with van der Waals surface area (Å²) in [6.45, 7) is 9.10. The summed E-state index contributed by atoms with van der Waals surface area (Å²) in [7, 11) is -4.13. The summed E-state index contributed by atoms with van der Waals surface area (Å²) in [4.78, 5) is 28.1. The maximum absolute atomic E-state index is 13.9. The molecule has 7 nitrogen and oxygen atoms in total. The Labute approximate surface area is 230 Å². The highest BCUT2D eigenvalue weighted by Crippen LogP contribution is 2.27. The Bertz CT molecular complexity index is 1410. The van der Waals surface area contributed by atoms with E-state index >= 15 is 0 Å². The number of nitrogens with zero attached hydrogens (tertiary/aromatic N) is 2. The lowest BCUT2D eigenvalue weighted by atomic mass is 10.1. The van der Waals surface area contributed by atoms with Crippen molar-refractivity contribution < 1.29 is 22.4 Å². The van der Waals surface area contributed by atoms with Crippen LogP contribution >= 0.6 is 0 Å². The van der Waals surface area contributed by atoms with E-state index in [1.165, 1.54) is 41.3 Å². The van der Waals surface area contributed by atoms with Crippen LogP contribution in [0.5, 0.6) is 0 Å². The predicted octanol–water partition coefficient (Wildman–Crippen LogP) is 4.89. The van der Waals surface area contributed by atoms with E-state index in [0.717, 1.165) is 27.4 Å². The lowest BCUT2D eigenvalue weighted by molar-refractivity contribution is -0.139. The molecule has 1 unspecified atom stereocenters. The summed E-state index contributed by atoms with van der Waals surface area (Å²) in [6, 6.07) is 16.4. The van der Waals surface area contributed by atoms with Gasteiger partial charge in [-0.3, -0.25) is 13.9 Å². The molecule has 0 aliphatic carbocycles. The van der Waals surface area contributed by atoms with Gasteiger partial charge in [0.05, 0.1) is 10.6 Å². The number of amides is 2. The Morgan fingerprint density at radius 2 is 1.56 bits per heavy atom. The van der Waals surface area contributed by atoms with Crippen molar-refractivity contribution in [3.8, 4) is 0 Å². The average Bonchev–Trinajstić information content (AvgIpc) is 2.91. The highest BCUT2D eigenvalue weighted by Gasteiger charge is 2.32. The highest BCUT2D eigenvalue weighted by molar-refractivity contribution is 7.92. The molecule has 0 aliphatic heterocycles. The van der Waals surface area contributed by atoms with Gasteiger partial charge in [0.25, 0.3) is 10.0 Å². The van der Waals surface area contributed by atoms with Crippen LogP contribution in [-0.4, -0.2) is 44.3 Å². The van der Waals surface area contributed by atoms with E-state index in [1.807, 2.05) is 33.8 Å². The van der Waals surface area contributed by atoms with E-state index in [-0.39, 0.29) is 17.3 Å². The minimum atomic E-state index is -4.13. The van der Waals surface area contributed by atoms with Crippen molar-refractivity contribution in [2.75, 3.05) is 17.4 Å². The molecule has 208 valence electrons. The maximum atomic E-state index is 13.9. The van der Waals surface area contributed by atoms with Gasteiger partial charge in [-0.15, -0.1) is 0 Å². The molecule has 0 spiro atoms. The number of carbonyl (C=O) groups is 2. The first-order valence-electron chi connectivity index (χ1n) is 12.9. The zero-order valence-corrected chi connectivity index (χ0v) is 23.9. The number of benzene rings is 3. The number of aryl methyl sites for hydroxylation is 3. The zero-order chi connectivity index (χ0) is 28.7. The van der Waals surface area contributed by atoms with Crippen molar-refractivity contribution in [2.24, 2.45) is 0 Å². The summed E-state index contributed by atoms with van der Waals surface area (Å²) in [5.74, 6) is -1.34. The van der Waals surface area contributed by atoms with Gasteiger partial charge in [-0.2, -0.15) is 0 Å². The van der Waals surface area contributed by atoms with Gasteiger partial charge in [0.2, 0.25) is 11.8 Å². The van der Waals surface area contributed by atoms with Gasteiger partial charge in [-0.05, 0) is 87.2 Å². The molecule has 3 aromatic carbocycles. The molecule has 1 atom stereocenters. The molecular formula is C30H36FN3O4S. The number of carbonyl (C=O) groups excluding carboxylic acids is 2. The lowest BCUT2D eigenvalue weighted by Crippen LogP contribution is -2.51. The first-order valence-corrected chi connectivity index (χ1v) is 14.4. The molecule has 0 radical (unpaired) electrons. The third kappa shape index (κ3) is 7.44. The molecule has 0 saturated heterocycles. The van der Waals surface area contributed by atoms with Gasteiger partial charge in [0.15, 0.2) is 0 Å². The van der Waals surface area contributed by atoms with Crippen LogP contribution in [0.3, 0.4) is 0 Å². The number of hydrogen-bond acceptors (Lipinski definition) is 4. The summed E-state index contributed by atoms with van der Waals surface area (Å²) in [5, 5.41) is 2.80. The van der Waals surface area contributed by atoms with Gasteiger partial charge in [-0.1, -0.05) is 42.8 Å². The van der Waals surface area contributed by atoms with E-state index < -0.39 is 34.3 Å². The van der Waals surface area contributed by atoms with Crippen LogP contribution < -0.4 is 9.62 Å². The second-order valence-electron chi connectivity index (χ2n) is 9.71. The Kier molecular flexibility index (Phi) is 9.86. The Balaban J connectivity index is 2.04. The highest BCUT2D eigenvalue weighted by atomic mass is 32.2. The van der Waals surface area contributed by atoms with Gasteiger partial charge in [0, 0.05) is 13.1 Å². The third-order valence-corrected chi connectivity index (χ3v) is 8.44. The van der Waals surface area contributed by atoms with Crippen LogP contribution in [0.25, 0.3) is 0 Å². The number of sulfonamides is 1. The SMILES string of the molecule is CCCNC(=O)C(C)N(Cc1ccc(F)cc1)C(=O)CN(c1ccc(C)c(C)c1)S(=O)(=O)c1ccc(C)cc1. The number of anilines is 1. The van der Waals surface area contributed by atoms with Gasteiger partial charge >= 0.3 is 0 Å². The van der Waals surface area contributed by atoms with Crippen LogP contribution in [0.15, 0.2) is 71.6 Å². The molecule has 1 N–H and O–H groups in total. The van der Waals surface area contributed by atoms with E-state index in [9.17, 15) is 22.4 Å². The van der Waals surface area contributed by atoms with Crippen molar-refractivity contribution in [3.63, 3.8) is 0 Å². The number of hydrogen-bond donors (Lipinski definition) is 1. The normalized spacial score (nSPS) is 12.1. The van der Waals surface area contributed by atoms with Crippen molar-refractivity contribution in [1.29, 1.82) is 0 Å². The smallest absolute Gasteiger partial charge is 0.264 e. The van der Waals surface area contributed by atoms with Crippen LogP contribution in [0.2, 0.25) is 0 Å². The minimum Gasteiger partial charge on any atom is -0.354 e. The van der Waals surface area contributed by atoms with E-state index in [4.69, 9.17) is 0 Å². The second kappa shape index (κ2) is 12.9. The quantitative estimate of drug-likeness (QED) is 0.366. The minimum absolute atomic E-state index is 0.00513. The Morgan fingerprint density at radius 3 is 2.15 bits per heavy atom. The summed E-state index contributed by atoms with van der Waals surface area (Å²) < 4.78 is 42.4. The molecule has 2 amide bonds. The summed E-state index contributed by atoms with van der Waals surface area (Å²) in [6.07, 6.45) is 0.722. The third-order valence-electron chi connectivity index (χ3n) is 6.65. The molecule has 0 saturated carbocycles. The van der Waals surface area contributed by atoms with Crippen LogP contribution in [-0.2, 0) is 26.2 Å². The molecule has 3 aromatic rings. The summed E-state index contributed by atoms with van der Waals surface area (Å²) in [5.41, 5.74) is 3.72. The first kappa shape index (κ1) is 29.8. The van der Waals surface area contributed by atoms with Gasteiger partial charge in [0.1, 0.15) is 18.4 Å². The Hall–Kier alpha value is -3.72.